The second-order valence-electron chi connectivity index (χ2n) is 6.78. The van der Waals surface area contributed by atoms with Crippen LogP contribution in [0.4, 0.5) is 5.69 Å². The van der Waals surface area contributed by atoms with E-state index in [1.807, 2.05) is 18.2 Å². The van der Waals surface area contributed by atoms with E-state index in [9.17, 15) is 14.7 Å². The van der Waals surface area contributed by atoms with Crippen molar-refractivity contribution in [3.63, 3.8) is 0 Å². The van der Waals surface area contributed by atoms with E-state index in [2.05, 4.69) is 10.3 Å². The number of rotatable bonds is 5. The van der Waals surface area contributed by atoms with Crippen molar-refractivity contribution in [3.8, 4) is 0 Å². The summed E-state index contributed by atoms with van der Waals surface area (Å²) in [7, 11) is 0. The maximum absolute atomic E-state index is 13.1. The van der Waals surface area contributed by atoms with E-state index in [1.165, 1.54) is 0 Å². The Labute approximate surface area is 171 Å². The number of carboxylic acids is 1. The third-order valence-corrected chi connectivity index (χ3v) is 5.25. The highest BCUT2D eigenvalue weighted by Gasteiger charge is 2.19. The van der Waals surface area contributed by atoms with Crippen molar-refractivity contribution in [2.24, 2.45) is 0 Å². The molecule has 0 saturated carbocycles. The molecule has 0 bridgehead atoms. The fraction of sp³-hybridized carbons (Fsp3) is 0.190. The van der Waals surface area contributed by atoms with Crippen LogP contribution in [0.1, 0.15) is 35.8 Å². The Balaban J connectivity index is 1.95. The van der Waals surface area contributed by atoms with Crippen LogP contribution in [0.5, 0.6) is 0 Å². The van der Waals surface area contributed by atoms with Gasteiger partial charge in [-0.1, -0.05) is 23.7 Å². The average molecular weight is 411 g/mol. The Morgan fingerprint density at radius 2 is 2.07 bits per heavy atom. The predicted octanol–water partition coefficient (Wildman–Crippen LogP) is 4.19. The highest BCUT2D eigenvalue weighted by Crippen LogP contribution is 2.30. The van der Waals surface area contributed by atoms with Crippen LogP contribution in [-0.2, 0) is 6.54 Å². The first-order chi connectivity index (χ1) is 13.9. The van der Waals surface area contributed by atoms with Crippen molar-refractivity contribution in [2.45, 2.75) is 26.4 Å². The molecule has 0 spiro atoms. The number of anilines is 1. The molecule has 0 aliphatic carbocycles. The molecule has 0 aliphatic heterocycles. The number of para-hydroxylation sites is 1. The van der Waals surface area contributed by atoms with Gasteiger partial charge in [-0.05, 0) is 38.1 Å². The Kier molecular flexibility index (Phi) is 4.76. The van der Waals surface area contributed by atoms with E-state index in [-0.39, 0.29) is 17.2 Å². The summed E-state index contributed by atoms with van der Waals surface area (Å²) in [4.78, 5) is 28.8. The Morgan fingerprint density at radius 1 is 1.31 bits per heavy atom. The number of benzene rings is 2. The SMILES string of the molecule is CCn1c(=O)c2cc(Cl)cc(C(C)Nc3ccccc3C(=O)O)c2n2cncc12. The highest BCUT2D eigenvalue weighted by atomic mass is 35.5. The predicted molar refractivity (Wildman–Crippen MR) is 113 cm³/mol. The molecular weight excluding hydrogens is 392 g/mol. The number of hydrogen-bond acceptors (Lipinski definition) is 4. The lowest BCUT2D eigenvalue weighted by Crippen LogP contribution is -2.23. The van der Waals surface area contributed by atoms with E-state index in [4.69, 9.17) is 11.6 Å². The average Bonchev–Trinajstić information content (AvgIpc) is 3.17. The number of carbonyl (C=O) groups is 1. The molecule has 0 fully saturated rings. The van der Waals surface area contributed by atoms with Gasteiger partial charge in [-0.3, -0.25) is 13.8 Å². The topological polar surface area (TPSA) is 88.6 Å². The molecule has 0 aliphatic rings. The van der Waals surface area contributed by atoms with Crippen molar-refractivity contribution >= 4 is 39.8 Å². The Morgan fingerprint density at radius 3 is 2.79 bits per heavy atom. The summed E-state index contributed by atoms with van der Waals surface area (Å²) in [6, 6.07) is 9.83. The number of fused-ring (bicyclic) bond motifs is 3. The first-order valence-electron chi connectivity index (χ1n) is 9.19. The molecule has 8 heteroatoms. The van der Waals surface area contributed by atoms with Gasteiger partial charge >= 0.3 is 5.97 Å². The first kappa shape index (κ1) is 19.0. The highest BCUT2D eigenvalue weighted by molar-refractivity contribution is 6.31. The number of aryl methyl sites for hydroxylation is 1. The van der Waals surface area contributed by atoms with Crippen molar-refractivity contribution in [1.82, 2.24) is 14.0 Å². The van der Waals surface area contributed by atoms with Gasteiger partial charge < -0.3 is 10.4 Å². The quantitative estimate of drug-likeness (QED) is 0.515. The second kappa shape index (κ2) is 7.25. The summed E-state index contributed by atoms with van der Waals surface area (Å²) in [6.45, 7) is 4.31. The van der Waals surface area contributed by atoms with E-state index in [0.717, 1.165) is 5.56 Å². The number of hydrogen-bond donors (Lipinski definition) is 2. The zero-order chi connectivity index (χ0) is 20.7. The van der Waals surface area contributed by atoms with Gasteiger partial charge in [0.05, 0.1) is 28.7 Å². The molecule has 2 heterocycles. The molecule has 4 aromatic rings. The summed E-state index contributed by atoms with van der Waals surface area (Å²) in [5, 5.41) is 13.6. The van der Waals surface area contributed by atoms with Crippen LogP contribution in [0.3, 0.4) is 0 Å². The number of aromatic nitrogens is 3. The number of nitrogens with zero attached hydrogens (tertiary/aromatic N) is 3. The van der Waals surface area contributed by atoms with E-state index in [0.29, 0.717) is 33.8 Å². The maximum Gasteiger partial charge on any atom is 0.337 e. The van der Waals surface area contributed by atoms with Crippen LogP contribution in [-0.4, -0.2) is 25.0 Å². The van der Waals surface area contributed by atoms with Gasteiger partial charge in [0.2, 0.25) is 0 Å². The summed E-state index contributed by atoms with van der Waals surface area (Å²) in [6.07, 6.45) is 3.32. The second-order valence-corrected chi connectivity index (χ2v) is 7.22. The normalized spacial score (nSPS) is 12.4. The van der Waals surface area contributed by atoms with Crippen molar-refractivity contribution in [2.75, 3.05) is 5.32 Å². The van der Waals surface area contributed by atoms with Crippen LogP contribution in [0.25, 0.3) is 16.6 Å². The molecule has 148 valence electrons. The lowest BCUT2D eigenvalue weighted by Gasteiger charge is -2.21. The third kappa shape index (κ3) is 3.13. The molecule has 29 heavy (non-hydrogen) atoms. The van der Waals surface area contributed by atoms with Crippen LogP contribution < -0.4 is 10.9 Å². The standard InChI is InChI=1S/C21H19ClN4O3/c1-3-25-18-10-23-11-26(18)19-15(8-13(22)9-16(19)20(25)27)12(2)24-17-7-5-4-6-14(17)21(28)29/h4-12,24H,3H2,1-2H3,(H,28,29). The molecule has 2 aromatic carbocycles. The fourth-order valence-electron chi connectivity index (χ4n) is 3.70. The maximum atomic E-state index is 13.1. The van der Waals surface area contributed by atoms with Crippen LogP contribution in [0.15, 0.2) is 53.7 Å². The number of carboxylic acid groups (broad SMARTS) is 1. The Hall–Kier alpha value is -3.32. The van der Waals surface area contributed by atoms with Gasteiger partial charge in [0.15, 0.2) is 0 Å². The van der Waals surface area contributed by atoms with Gasteiger partial charge in [-0.15, -0.1) is 0 Å². The van der Waals surface area contributed by atoms with Crippen LogP contribution in [0, 0.1) is 0 Å². The van der Waals surface area contributed by atoms with Crippen molar-refractivity contribution in [3.05, 3.63) is 75.4 Å². The molecule has 7 nitrogen and oxygen atoms in total. The summed E-state index contributed by atoms with van der Waals surface area (Å²) >= 11 is 6.35. The molecule has 4 rings (SSSR count). The molecule has 2 aromatic heterocycles. The first-order valence-corrected chi connectivity index (χ1v) is 9.57. The van der Waals surface area contributed by atoms with Crippen LogP contribution >= 0.6 is 11.6 Å². The summed E-state index contributed by atoms with van der Waals surface area (Å²) < 4.78 is 3.51. The zero-order valence-electron chi connectivity index (χ0n) is 15.9. The summed E-state index contributed by atoms with van der Waals surface area (Å²) in [5.41, 5.74) is 2.68. The van der Waals surface area contributed by atoms with Crippen molar-refractivity contribution in [1.29, 1.82) is 0 Å². The lowest BCUT2D eigenvalue weighted by atomic mass is 10.0. The van der Waals surface area contributed by atoms with Crippen LogP contribution in [0.2, 0.25) is 5.02 Å². The minimum atomic E-state index is -1.01. The smallest absolute Gasteiger partial charge is 0.337 e. The number of aromatic carboxylic acids is 1. The van der Waals surface area contributed by atoms with Gasteiger partial charge in [-0.2, -0.15) is 0 Å². The fourth-order valence-corrected chi connectivity index (χ4v) is 3.93. The monoisotopic (exact) mass is 410 g/mol. The number of nitrogens with one attached hydrogen (secondary N) is 1. The number of imidazole rings is 1. The molecule has 0 amide bonds. The summed E-state index contributed by atoms with van der Waals surface area (Å²) in [5.74, 6) is -1.01. The zero-order valence-corrected chi connectivity index (χ0v) is 16.6. The molecule has 0 radical (unpaired) electrons. The minimum Gasteiger partial charge on any atom is -0.478 e. The van der Waals surface area contributed by atoms with Gasteiger partial charge in [0, 0.05) is 22.8 Å². The van der Waals surface area contributed by atoms with Gasteiger partial charge in [0.1, 0.15) is 12.0 Å². The van der Waals surface area contributed by atoms with Crippen molar-refractivity contribution < 1.29 is 9.90 Å². The molecule has 2 N–H and O–H groups in total. The van der Waals surface area contributed by atoms with E-state index in [1.54, 1.807) is 53.5 Å². The molecular formula is C21H19ClN4O3. The lowest BCUT2D eigenvalue weighted by molar-refractivity contribution is 0.0698. The third-order valence-electron chi connectivity index (χ3n) is 5.03. The largest absolute Gasteiger partial charge is 0.478 e. The van der Waals surface area contributed by atoms with Gasteiger partial charge in [-0.25, -0.2) is 9.78 Å². The molecule has 0 saturated heterocycles. The molecule has 1 unspecified atom stereocenters. The minimum absolute atomic E-state index is 0.141. The number of halogens is 1. The van der Waals surface area contributed by atoms with Gasteiger partial charge in [0.25, 0.3) is 5.56 Å². The van der Waals surface area contributed by atoms with E-state index >= 15 is 0 Å². The van der Waals surface area contributed by atoms with E-state index < -0.39 is 5.97 Å². The Bertz CT molecular complexity index is 1310. The molecule has 1 atom stereocenters.